The second-order valence-corrected chi connectivity index (χ2v) is 3.56. The Bertz CT molecular complexity index is 451. The summed E-state index contributed by atoms with van der Waals surface area (Å²) in [5.74, 6) is 0.433. The molecule has 0 spiro atoms. The molecule has 2 rings (SSSR count). The fourth-order valence-electron chi connectivity index (χ4n) is 1.59. The van der Waals surface area contributed by atoms with Crippen LogP contribution >= 0.6 is 0 Å². The molecule has 1 aromatic carbocycles. The largest absolute Gasteiger partial charge is 0.481 e. The quantitative estimate of drug-likeness (QED) is 0.707. The van der Waals surface area contributed by atoms with E-state index in [0.29, 0.717) is 17.0 Å². The predicted molar refractivity (Wildman–Crippen MR) is 55.3 cm³/mol. The average molecular weight is 205 g/mol. The topological polar surface area (TPSA) is 55.4 Å². The van der Waals surface area contributed by atoms with Crippen LogP contribution in [0.5, 0.6) is 5.75 Å². The molecule has 1 aliphatic rings. The summed E-state index contributed by atoms with van der Waals surface area (Å²) in [5, 5.41) is 2.68. The minimum Gasteiger partial charge on any atom is -0.481 e. The van der Waals surface area contributed by atoms with Crippen molar-refractivity contribution in [3.05, 3.63) is 23.3 Å². The highest BCUT2D eigenvalue weighted by molar-refractivity contribution is 6.00. The molecule has 4 nitrogen and oxygen atoms in total. The second-order valence-electron chi connectivity index (χ2n) is 3.56. The molecule has 0 aliphatic carbocycles. The number of amides is 1. The van der Waals surface area contributed by atoms with Gasteiger partial charge in [0.1, 0.15) is 5.75 Å². The second kappa shape index (κ2) is 3.38. The number of Topliss-reactive ketones (excluding diaryl/α,β-unsaturated/α-hetero) is 1. The monoisotopic (exact) mass is 205 g/mol. The number of ether oxygens (including phenoxy) is 1. The van der Waals surface area contributed by atoms with E-state index in [9.17, 15) is 9.59 Å². The van der Waals surface area contributed by atoms with Gasteiger partial charge in [-0.2, -0.15) is 0 Å². The van der Waals surface area contributed by atoms with E-state index in [-0.39, 0.29) is 18.3 Å². The summed E-state index contributed by atoms with van der Waals surface area (Å²) in [6, 6.07) is 3.40. The van der Waals surface area contributed by atoms with Crippen molar-refractivity contribution >= 4 is 17.4 Å². The molecule has 0 bridgehead atoms. The van der Waals surface area contributed by atoms with Crippen LogP contribution in [0.15, 0.2) is 12.1 Å². The molecular formula is C11H11NO3. The molecule has 0 saturated carbocycles. The van der Waals surface area contributed by atoms with Crippen molar-refractivity contribution in [2.45, 2.75) is 13.8 Å². The van der Waals surface area contributed by atoms with E-state index in [2.05, 4.69) is 5.32 Å². The number of nitrogens with one attached hydrogen (secondary N) is 1. The van der Waals surface area contributed by atoms with E-state index in [1.165, 1.54) is 6.92 Å². The molecule has 1 aromatic rings. The Morgan fingerprint density at radius 1 is 1.47 bits per heavy atom. The van der Waals surface area contributed by atoms with E-state index in [1.807, 2.05) is 6.92 Å². The van der Waals surface area contributed by atoms with Gasteiger partial charge in [0.15, 0.2) is 12.4 Å². The molecule has 0 fully saturated rings. The Hall–Kier alpha value is -1.84. The van der Waals surface area contributed by atoms with Crippen LogP contribution in [0.3, 0.4) is 0 Å². The first-order valence-electron chi connectivity index (χ1n) is 4.66. The number of carbonyl (C=O) groups excluding carboxylic acids is 2. The minimum atomic E-state index is -0.192. The summed E-state index contributed by atoms with van der Waals surface area (Å²) in [5.41, 5.74) is 2.02. The maximum absolute atomic E-state index is 11.2. The van der Waals surface area contributed by atoms with Crippen LogP contribution < -0.4 is 10.1 Å². The number of fused-ring (bicyclic) bond motifs is 1. The molecule has 1 heterocycles. The van der Waals surface area contributed by atoms with Gasteiger partial charge in [0.05, 0.1) is 5.69 Å². The zero-order chi connectivity index (χ0) is 11.0. The fraction of sp³-hybridized carbons (Fsp3) is 0.273. The summed E-state index contributed by atoms with van der Waals surface area (Å²) >= 11 is 0. The summed E-state index contributed by atoms with van der Waals surface area (Å²) in [4.78, 5) is 22.3. The van der Waals surface area contributed by atoms with Gasteiger partial charge >= 0.3 is 0 Å². The van der Waals surface area contributed by atoms with Gasteiger partial charge in [0.25, 0.3) is 5.91 Å². The van der Waals surface area contributed by atoms with Gasteiger partial charge in [-0.25, -0.2) is 0 Å². The number of ketones is 1. The Morgan fingerprint density at radius 2 is 2.20 bits per heavy atom. The van der Waals surface area contributed by atoms with Gasteiger partial charge in [-0.1, -0.05) is 0 Å². The summed E-state index contributed by atoms with van der Waals surface area (Å²) < 4.78 is 5.28. The van der Waals surface area contributed by atoms with Crippen LogP contribution in [0.4, 0.5) is 5.69 Å². The first kappa shape index (κ1) is 9.71. The van der Waals surface area contributed by atoms with Crippen molar-refractivity contribution in [2.24, 2.45) is 0 Å². The lowest BCUT2D eigenvalue weighted by atomic mass is 10.1. The Kier molecular flexibility index (Phi) is 2.19. The highest BCUT2D eigenvalue weighted by Gasteiger charge is 2.19. The number of carbonyl (C=O) groups is 2. The molecule has 1 N–H and O–H groups in total. The van der Waals surface area contributed by atoms with Crippen LogP contribution in [0.25, 0.3) is 0 Å². The highest BCUT2D eigenvalue weighted by Crippen LogP contribution is 2.32. The van der Waals surface area contributed by atoms with Crippen LogP contribution in [-0.2, 0) is 4.79 Å². The van der Waals surface area contributed by atoms with E-state index in [0.717, 1.165) is 5.56 Å². The summed E-state index contributed by atoms with van der Waals surface area (Å²) in [7, 11) is 0. The number of hydrogen-bond donors (Lipinski definition) is 1. The summed E-state index contributed by atoms with van der Waals surface area (Å²) in [6.07, 6.45) is 0. The Morgan fingerprint density at radius 3 is 2.87 bits per heavy atom. The van der Waals surface area contributed by atoms with Crippen LogP contribution in [0.2, 0.25) is 0 Å². The molecule has 0 unspecified atom stereocenters. The minimum absolute atomic E-state index is 0.0271. The van der Waals surface area contributed by atoms with E-state index in [4.69, 9.17) is 4.74 Å². The zero-order valence-corrected chi connectivity index (χ0v) is 8.59. The maximum atomic E-state index is 11.2. The molecule has 0 aromatic heterocycles. The number of benzene rings is 1. The third-order valence-electron chi connectivity index (χ3n) is 2.30. The molecule has 0 atom stereocenters. The third kappa shape index (κ3) is 1.70. The zero-order valence-electron chi connectivity index (χ0n) is 8.59. The highest BCUT2D eigenvalue weighted by atomic mass is 16.5. The number of hydrogen-bond acceptors (Lipinski definition) is 3. The van der Waals surface area contributed by atoms with Gasteiger partial charge in [-0.15, -0.1) is 0 Å². The normalized spacial score (nSPS) is 13.9. The lowest BCUT2D eigenvalue weighted by Gasteiger charge is -2.20. The lowest BCUT2D eigenvalue weighted by Crippen LogP contribution is -2.26. The predicted octanol–water partition coefficient (Wildman–Crippen LogP) is 1.53. The molecule has 78 valence electrons. The Balaban J connectivity index is 2.53. The first-order valence-corrected chi connectivity index (χ1v) is 4.66. The molecule has 0 saturated heterocycles. The number of rotatable bonds is 1. The molecular weight excluding hydrogens is 194 g/mol. The van der Waals surface area contributed by atoms with Crippen molar-refractivity contribution in [3.8, 4) is 5.75 Å². The van der Waals surface area contributed by atoms with Crippen molar-refractivity contribution in [1.29, 1.82) is 0 Å². The van der Waals surface area contributed by atoms with Crippen molar-refractivity contribution in [1.82, 2.24) is 0 Å². The first-order chi connectivity index (χ1) is 7.08. The van der Waals surface area contributed by atoms with Gasteiger partial charge in [0.2, 0.25) is 0 Å². The van der Waals surface area contributed by atoms with Gasteiger partial charge < -0.3 is 10.1 Å². The lowest BCUT2D eigenvalue weighted by molar-refractivity contribution is -0.118. The summed E-state index contributed by atoms with van der Waals surface area (Å²) in [6.45, 7) is 3.38. The van der Waals surface area contributed by atoms with Crippen LogP contribution in [-0.4, -0.2) is 18.3 Å². The van der Waals surface area contributed by atoms with Crippen LogP contribution in [0.1, 0.15) is 22.8 Å². The third-order valence-corrected chi connectivity index (χ3v) is 2.30. The van der Waals surface area contributed by atoms with Crippen molar-refractivity contribution in [2.75, 3.05) is 11.9 Å². The van der Waals surface area contributed by atoms with Gasteiger partial charge in [0, 0.05) is 5.56 Å². The number of aryl methyl sites for hydroxylation is 1. The van der Waals surface area contributed by atoms with Gasteiger partial charge in [-0.3, -0.25) is 9.59 Å². The van der Waals surface area contributed by atoms with Crippen molar-refractivity contribution in [3.63, 3.8) is 0 Å². The SMILES string of the molecule is CC(=O)c1cc(C)c2c(c1)NC(=O)CO2. The molecule has 0 radical (unpaired) electrons. The van der Waals surface area contributed by atoms with Crippen LogP contribution in [0, 0.1) is 6.92 Å². The van der Waals surface area contributed by atoms with E-state index >= 15 is 0 Å². The van der Waals surface area contributed by atoms with E-state index < -0.39 is 0 Å². The molecule has 1 amide bonds. The Labute approximate surface area is 87.2 Å². The standard InChI is InChI=1S/C11H11NO3/c1-6-3-8(7(2)13)4-9-11(6)15-5-10(14)12-9/h3-4H,5H2,1-2H3,(H,12,14). The van der Waals surface area contributed by atoms with E-state index in [1.54, 1.807) is 12.1 Å². The van der Waals surface area contributed by atoms with Crippen molar-refractivity contribution < 1.29 is 14.3 Å². The van der Waals surface area contributed by atoms with Gasteiger partial charge in [-0.05, 0) is 31.5 Å². The molecule has 1 aliphatic heterocycles. The maximum Gasteiger partial charge on any atom is 0.262 e. The smallest absolute Gasteiger partial charge is 0.262 e. The average Bonchev–Trinajstić information content (AvgIpc) is 2.16. The number of anilines is 1. The molecule has 15 heavy (non-hydrogen) atoms. The molecule has 4 heteroatoms. The fourth-order valence-corrected chi connectivity index (χ4v) is 1.59.